The van der Waals surface area contributed by atoms with Crippen molar-refractivity contribution in [3.8, 4) is 44.9 Å². The van der Waals surface area contributed by atoms with Gasteiger partial charge in [-0.2, -0.15) is 0 Å². The quantitative estimate of drug-likeness (QED) is 0.157. The van der Waals surface area contributed by atoms with Gasteiger partial charge in [-0.3, -0.25) is 0 Å². The van der Waals surface area contributed by atoms with Crippen LogP contribution in [-0.4, -0.2) is 23.7 Å². The number of alkyl halides is 2. The minimum atomic E-state index is -1.30. The summed E-state index contributed by atoms with van der Waals surface area (Å²) in [6.45, 7) is 0.418. The second-order valence-corrected chi connectivity index (χ2v) is 12.1. The molecule has 0 aliphatic carbocycles. The third-order valence-corrected chi connectivity index (χ3v) is 9.18. The topological polar surface area (TPSA) is 36.9 Å². The van der Waals surface area contributed by atoms with Crippen LogP contribution in [0.3, 0.4) is 0 Å². The van der Waals surface area contributed by atoms with Crippen molar-refractivity contribution in [2.75, 3.05) is 6.61 Å². The van der Waals surface area contributed by atoms with Gasteiger partial charge in [0.25, 0.3) is 5.79 Å². The maximum atomic E-state index is 7.01. The van der Waals surface area contributed by atoms with E-state index in [1.807, 2.05) is 103 Å². The van der Waals surface area contributed by atoms with Crippen LogP contribution in [0, 0.1) is 6.07 Å². The number of rotatable bonds is 8. The van der Waals surface area contributed by atoms with Gasteiger partial charge in [0.05, 0.1) is 18.2 Å². The highest BCUT2D eigenvalue weighted by atomic mass is 35.5. The van der Waals surface area contributed by atoms with Gasteiger partial charge in [-0.25, -0.2) is 0 Å². The summed E-state index contributed by atoms with van der Waals surface area (Å²) in [6, 6.07) is 44.0. The fourth-order valence-corrected chi connectivity index (χ4v) is 6.27. The molecular weight excluding hydrogens is 615 g/mol. The summed E-state index contributed by atoms with van der Waals surface area (Å²) in [6.07, 6.45) is 7.02. The predicted octanol–water partition coefficient (Wildman–Crippen LogP) is 10.2. The van der Waals surface area contributed by atoms with E-state index in [2.05, 4.69) is 42.5 Å². The molecule has 2 unspecified atom stereocenters. The highest BCUT2D eigenvalue weighted by molar-refractivity contribution is 6.30. The number of allylic oxidation sites excluding steroid dienone is 2. The second kappa shape index (κ2) is 13.5. The lowest BCUT2D eigenvalue weighted by Gasteiger charge is -2.36. The van der Waals surface area contributed by atoms with Gasteiger partial charge >= 0.3 is 0 Å². The Balaban J connectivity index is 1.54. The van der Waals surface area contributed by atoms with Crippen LogP contribution < -0.4 is 9.47 Å². The molecule has 0 aromatic heterocycles. The maximum Gasteiger partial charge on any atom is 0.298 e. The average molecular weight is 647 g/mol. The molecule has 0 N–H and O–H groups in total. The summed E-state index contributed by atoms with van der Waals surface area (Å²) in [5, 5.41) is -0.922. The molecule has 5 aromatic carbocycles. The molecule has 0 bridgehead atoms. The Morgan fingerprint density at radius 3 is 1.89 bits per heavy atom. The molecule has 2 heterocycles. The number of hydrogen-bond acceptors (Lipinski definition) is 4. The lowest BCUT2D eigenvalue weighted by Crippen LogP contribution is -2.42. The van der Waals surface area contributed by atoms with Crippen LogP contribution in [0.5, 0.6) is 11.5 Å². The summed E-state index contributed by atoms with van der Waals surface area (Å²) in [4.78, 5) is 0. The number of benzene rings is 5. The highest BCUT2D eigenvalue weighted by Gasteiger charge is 2.39. The van der Waals surface area contributed by atoms with E-state index >= 15 is 0 Å². The Bertz CT molecular complexity index is 1830. The maximum absolute atomic E-state index is 7.01. The van der Waals surface area contributed by atoms with Crippen LogP contribution >= 0.6 is 23.2 Å². The van der Waals surface area contributed by atoms with Crippen molar-refractivity contribution in [1.82, 2.24) is 0 Å². The van der Waals surface area contributed by atoms with E-state index in [0.717, 1.165) is 38.9 Å². The second-order valence-electron chi connectivity index (χ2n) is 11.1. The van der Waals surface area contributed by atoms with Gasteiger partial charge in [-0.15, -0.1) is 23.2 Å². The number of ether oxygens (including phenoxy) is 4. The zero-order chi connectivity index (χ0) is 31.3. The Kier molecular flexibility index (Phi) is 8.85. The molecule has 4 atom stereocenters. The van der Waals surface area contributed by atoms with E-state index in [0.29, 0.717) is 24.5 Å². The van der Waals surface area contributed by atoms with Gasteiger partial charge in [0.2, 0.25) is 6.29 Å². The largest absolute Gasteiger partial charge is 0.459 e. The molecule has 6 heteroatoms. The molecule has 7 rings (SSSR count). The standard InChI is InChI=1S/C40H31Cl2O4/c41-33-23-26-43-39(37(33)42)45-38-34(46-40(24-13-14-25-44-40)31-21-11-4-12-22-31)27-32(28-15-5-1-6-16-28)35(29-17-7-2-8-18-29)36(38)30-19-9-3-10-20-30/h1-22,24-25,33,37,39H,23,26H2/t33-,37+,39?,40?/m0/s1. The summed E-state index contributed by atoms with van der Waals surface area (Å²) in [5.41, 5.74) is 6.26. The molecule has 229 valence electrons. The molecule has 5 aromatic rings. The first-order chi connectivity index (χ1) is 22.6. The molecule has 2 aliphatic heterocycles. The van der Waals surface area contributed by atoms with E-state index in [1.54, 1.807) is 6.26 Å². The normalized spacial score (nSPS) is 22.2. The Labute approximate surface area is 279 Å². The van der Waals surface area contributed by atoms with Gasteiger partial charge in [0, 0.05) is 34.4 Å². The van der Waals surface area contributed by atoms with Crippen molar-refractivity contribution >= 4 is 23.2 Å². The smallest absolute Gasteiger partial charge is 0.298 e. The van der Waals surface area contributed by atoms with E-state index in [-0.39, 0.29) is 5.38 Å². The van der Waals surface area contributed by atoms with Gasteiger partial charge in [0.15, 0.2) is 11.5 Å². The highest BCUT2D eigenvalue weighted by Crippen LogP contribution is 2.52. The summed E-state index contributed by atoms with van der Waals surface area (Å²) in [5.74, 6) is -0.540. The molecule has 2 aliphatic rings. The molecule has 0 spiro atoms. The fraction of sp³-hybridized carbons (Fsp3) is 0.150. The van der Waals surface area contributed by atoms with Crippen molar-refractivity contribution in [3.63, 3.8) is 0 Å². The Morgan fingerprint density at radius 2 is 1.28 bits per heavy atom. The summed E-state index contributed by atoms with van der Waals surface area (Å²) < 4.78 is 26.3. The first kappa shape index (κ1) is 30.2. The summed E-state index contributed by atoms with van der Waals surface area (Å²) in [7, 11) is 0. The molecule has 0 saturated carbocycles. The zero-order valence-corrected chi connectivity index (χ0v) is 26.4. The minimum Gasteiger partial charge on any atom is -0.459 e. The van der Waals surface area contributed by atoms with Gasteiger partial charge < -0.3 is 18.9 Å². The van der Waals surface area contributed by atoms with Crippen LogP contribution in [0.4, 0.5) is 0 Å². The van der Waals surface area contributed by atoms with Gasteiger partial charge in [-0.05, 0) is 29.2 Å². The van der Waals surface area contributed by atoms with Crippen molar-refractivity contribution in [3.05, 3.63) is 157 Å². The van der Waals surface area contributed by atoms with Crippen molar-refractivity contribution in [1.29, 1.82) is 0 Å². The first-order valence-corrected chi connectivity index (χ1v) is 16.1. The SMILES string of the molecule is Cl[C@H]1CCOC(Oc2c(OC3(c4ccccc4)C=CC=CO3)[c]c(-c3ccccc3)c(-c3ccccc3)c2-c2ccccc2)[C@@H]1Cl. The number of halogens is 2. The molecule has 0 amide bonds. The monoisotopic (exact) mass is 645 g/mol. The van der Waals surface area contributed by atoms with E-state index < -0.39 is 17.5 Å². The lowest BCUT2D eigenvalue weighted by molar-refractivity contribution is -0.123. The summed E-state index contributed by atoms with van der Waals surface area (Å²) >= 11 is 13.5. The van der Waals surface area contributed by atoms with Crippen molar-refractivity contribution in [2.24, 2.45) is 0 Å². The van der Waals surface area contributed by atoms with E-state index in [4.69, 9.17) is 42.1 Å². The van der Waals surface area contributed by atoms with E-state index in [1.165, 1.54) is 0 Å². The van der Waals surface area contributed by atoms with Crippen molar-refractivity contribution in [2.45, 2.75) is 29.3 Å². The molecular formula is C40H31Cl2O4. The fourth-order valence-electron chi connectivity index (χ4n) is 5.81. The third-order valence-electron chi connectivity index (χ3n) is 8.05. The zero-order valence-electron chi connectivity index (χ0n) is 24.9. The average Bonchev–Trinajstić information content (AvgIpc) is 3.12. The Hall–Kier alpha value is -4.48. The molecule has 46 heavy (non-hydrogen) atoms. The van der Waals surface area contributed by atoms with Gasteiger partial charge in [0.1, 0.15) is 5.38 Å². The van der Waals surface area contributed by atoms with Crippen LogP contribution in [-0.2, 0) is 15.3 Å². The van der Waals surface area contributed by atoms with E-state index in [9.17, 15) is 0 Å². The van der Waals surface area contributed by atoms with Gasteiger partial charge in [-0.1, -0.05) is 127 Å². The molecule has 1 fully saturated rings. The van der Waals surface area contributed by atoms with Crippen molar-refractivity contribution < 1.29 is 18.9 Å². The van der Waals surface area contributed by atoms with Crippen LogP contribution in [0.2, 0.25) is 0 Å². The van der Waals surface area contributed by atoms with Crippen LogP contribution in [0.25, 0.3) is 33.4 Å². The molecule has 1 saturated heterocycles. The Morgan fingerprint density at radius 1 is 0.696 bits per heavy atom. The van der Waals surface area contributed by atoms with Crippen LogP contribution in [0.15, 0.2) is 146 Å². The number of hydrogen-bond donors (Lipinski definition) is 0. The third kappa shape index (κ3) is 6.04. The lowest BCUT2D eigenvalue weighted by atomic mass is 9.86. The predicted molar refractivity (Wildman–Crippen MR) is 184 cm³/mol. The first-order valence-electron chi connectivity index (χ1n) is 15.3. The minimum absolute atomic E-state index is 0.323. The molecule has 4 nitrogen and oxygen atoms in total. The van der Waals surface area contributed by atoms with Crippen LogP contribution in [0.1, 0.15) is 12.0 Å². The molecule has 1 radical (unpaired) electrons.